The van der Waals surface area contributed by atoms with E-state index in [-0.39, 0.29) is 0 Å². The first-order valence-electron chi connectivity index (χ1n) is 6.64. The smallest absolute Gasteiger partial charge is 0.0470 e. The van der Waals surface area contributed by atoms with Crippen LogP contribution in [0.1, 0.15) is 30.5 Å². The highest BCUT2D eigenvalue weighted by Gasteiger charge is 2.09. The van der Waals surface area contributed by atoms with Crippen molar-refractivity contribution in [2.24, 2.45) is 0 Å². The van der Waals surface area contributed by atoms with Gasteiger partial charge in [-0.2, -0.15) is 11.8 Å². The summed E-state index contributed by atoms with van der Waals surface area (Å²) in [6.45, 7) is 6.17. The molecule has 1 aromatic carbocycles. The Kier molecular flexibility index (Phi) is 8.14. The maximum atomic E-state index is 5.07. The number of hydrogen-bond donors (Lipinski definition) is 1. The summed E-state index contributed by atoms with van der Waals surface area (Å²) in [6.07, 6.45) is 1.13. The predicted octanol–water partition coefficient (Wildman–Crippen LogP) is 3.42. The Balaban J connectivity index is 2.41. The van der Waals surface area contributed by atoms with Gasteiger partial charge in [0.25, 0.3) is 0 Å². The Morgan fingerprint density at radius 2 is 2.00 bits per heavy atom. The van der Waals surface area contributed by atoms with E-state index in [1.165, 1.54) is 16.9 Å². The molecule has 2 nitrogen and oxygen atoms in total. The highest BCUT2D eigenvalue weighted by molar-refractivity contribution is 7.99. The standard InChI is InChI=1S/C15H25NOS/c1-4-16-15(12-18-11-5-10-17-3)14-8-6-13(2)7-9-14/h6-9,15-16H,4-5,10-12H2,1-3H3. The van der Waals surface area contributed by atoms with Gasteiger partial charge < -0.3 is 10.1 Å². The zero-order valence-corrected chi connectivity index (χ0v) is 12.6. The molecule has 1 aromatic rings. The fourth-order valence-corrected chi connectivity index (χ4v) is 2.86. The van der Waals surface area contributed by atoms with E-state index >= 15 is 0 Å². The van der Waals surface area contributed by atoms with Gasteiger partial charge in [-0.1, -0.05) is 36.8 Å². The highest BCUT2D eigenvalue weighted by Crippen LogP contribution is 2.19. The minimum Gasteiger partial charge on any atom is -0.385 e. The molecule has 0 bridgehead atoms. The molecule has 1 unspecified atom stereocenters. The van der Waals surface area contributed by atoms with Crippen molar-refractivity contribution in [1.29, 1.82) is 0 Å². The first-order chi connectivity index (χ1) is 8.77. The predicted molar refractivity (Wildman–Crippen MR) is 81.4 cm³/mol. The third kappa shape index (κ3) is 5.89. The molecule has 0 amide bonds. The second kappa shape index (κ2) is 9.42. The third-order valence-electron chi connectivity index (χ3n) is 2.85. The van der Waals surface area contributed by atoms with Crippen LogP contribution in [0.2, 0.25) is 0 Å². The average molecular weight is 267 g/mol. The van der Waals surface area contributed by atoms with Crippen molar-refractivity contribution in [3.63, 3.8) is 0 Å². The van der Waals surface area contributed by atoms with Crippen molar-refractivity contribution >= 4 is 11.8 Å². The minimum absolute atomic E-state index is 0.461. The van der Waals surface area contributed by atoms with Crippen LogP contribution < -0.4 is 5.32 Å². The van der Waals surface area contributed by atoms with Crippen LogP contribution >= 0.6 is 11.8 Å². The molecule has 0 saturated carbocycles. The van der Waals surface area contributed by atoms with Crippen LogP contribution in [0.3, 0.4) is 0 Å². The van der Waals surface area contributed by atoms with Crippen LogP contribution in [0.4, 0.5) is 0 Å². The number of aryl methyl sites for hydroxylation is 1. The maximum Gasteiger partial charge on any atom is 0.0470 e. The molecule has 0 aliphatic carbocycles. The van der Waals surface area contributed by atoms with E-state index in [0.29, 0.717) is 6.04 Å². The van der Waals surface area contributed by atoms with Gasteiger partial charge in [-0.15, -0.1) is 0 Å². The zero-order chi connectivity index (χ0) is 13.2. The molecule has 0 fully saturated rings. The number of hydrogen-bond acceptors (Lipinski definition) is 3. The van der Waals surface area contributed by atoms with E-state index < -0.39 is 0 Å². The molecule has 0 spiro atoms. The molecule has 1 N–H and O–H groups in total. The van der Waals surface area contributed by atoms with Gasteiger partial charge in [-0.05, 0) is 31.2 Å². The molecule has 3 heteroatoms. The van der Waals surface area contributed by atoms with Crippen LogP contribution in [0.15, 0.2) is 24.3 Å². The zero-order valence-electron chi connectivity index (χ0n) is 11.7. The van der Waals surface area contributed by atoms with Crippen LogP contribution in [-0.4, -0.2) is 31.8 Å². The largest absolute Gasteiger partial charge is 0.385 e. The molecule has 18 heavy (non-hydrogen) atoms. The van der Waals surface area contributed by atoms with Gasteiger partial charge in [0, 0.05) is 25.5 Å². The monoisotopic (exact) mass is 267 g/mol. The molecule has 0 saturated heterocycles. The summed E-state index contributed by atoms with van der Waals surface area (Å²) in [5.74, 6) is 2.29. The Morgan fingerprint density at radius 3 is 2.61 bits per heavy atom. The summed E-state index contributed by atoms with van der Waals surface area (Å²) in [6, 6.07) is 9.31. The lowest BCUT2D eigenvalue weighted by atomic mass is 10.1. The van der Waals surface area contributed by atoms with E-state index in [0.717, 1.165) is 25.3 Å². The molecule has 0 radical (unpaired) electrons. The van der Waals surface area contributed by atoms with E-state index in [2.05, 4.69) is 43.4 Å². The number of methoxy groups -OCH3 is 1. The van der Waals surface area contributed by atoms with Gasteiger partial charge in [-0.3, -0.25) is 0 Å². The van der Waals surface area contributed by atoms with E-state index in [9.17, 15) is 0 Å². The van der Waals surface area contributed by atoms with Crippen molar-refractivity contribution in [3.05, 3.63) is 35.4 Å². The molecule has 1 rings (SSSR count). The summed E-state index contributed by atoms with van der Waals surface area (Å²) in [5, 5.41) is 3.56. The van der Waals surface area contributed by atoms with Crippen molar-refractivity contribution < 1.29 is 4.74 Å². The van der Waals surface area contributed by atoms with Crippen molar-refractivity contribution in [2.45, 2.75) is 26.3 Å². The number of nitrogens with one attached hydrogen (secondary N) is 1. The summed E-state index contributed by atoms with van der Waals surface area (Å²) >= 11 is 2.00. The Hall–Kier alpha value is -0.510. The van der Waals surface area contributed by atoms with Crippen LogP contribution in [-0.2, 0) is 4.74 Å². The molecule has 102 valence electrons. The highest BCUT2D eigenvalue weighted by atomic mass is 32.2. The van der Waals surface area contributed by atoms with Crippen molar-refractivity contribution in [3.8, 4) is 0 Å². The van der Waals surface area contributed by atoms with Gasteiger partial charge in [-0.25, -0.2) is 0 Å². The number of thioether (sulfide) groups is 1. The lowest BCUT2D eigenvalue weighted by Crippen LogP contribution is -2.23. The lowest BCUT2D eigenvalue weighted by molar-refractivity contribution is 0.200. The topological polar surface area (TPSA) is 21.3 Å². The first kappa shape index (κ1) is 15.5. The van der Waals surface area contributed by atoms with Gasteiger partial charge in [0.1, 0.15) is 0 Å². The fourth-order valence-electron chi connectivity index (χ4n) is 1.82. The summed E-state index contributed by atoms with van der Waals surface area (Å²) in [7, 11) is 1.76. The number of rotatable bonds is 9. The maximum absolute atomic E-state index is 5.07. The minimum atomic E-state index is 0.461. The second-order valence-corrected chi connectivity index (χ2v) is 5.59. The Morgan fingerprint density at radius 1 is 1.28 bits per heavy atom. The van der Waals surface area contributed by atoms with Gasteiger partial charge in [0.15, 0.2) is 0 Å². The molecule has 0 aliphatic rings. The lowest BCUT2D eigenvalue weighted by Gasteiger charge is -2.18. The van der Waals surface area contributed by atoms with Crippen LogP contribution in [0.25, 0.3) is 0 Å². The quantitative estimate of drug-likeness (QED) is 0.693. The number of ether oxygens (including phenoxy) is 1. The molecule has 0 heterocycles. The molecule has 0 aliphatic heterocycles. The summed E-state index contributed by atoms with van der Waals surface area (Å²) in [5.41, 5.74) is 2.71. The Labute approximate surface area is 116 Å². The normalized spacial score (nSPS) is 12.6. The third-order valence-corrected chi connectivity index (χ3v) is 4.00. The first-order valence-corrected chi connectivity index (χ1v) is 7.80. The van der Waals surface area contributed by atoms with Gasteiger partial charge in [0.05, 0.1) is 0 Å². The molecule has 0 aromatic heterocycles. The molecular weight excluding hydrogens is 242 g/mol. The molecule has 1 atom stereocenters. The van der Waals surface area contributed by atoms with Gasteiger partial charge >= 0.3 is 0 Å². The molecular formula is C15H25NOS. The average Bonchev–Trinajstić information content (AvgIpc) is 2.38. The van der Waals surface area contributed by atoms with E-state index in [1.54, 1.807) is 7.11 Å². The van der Waals surface area contributed by atoms with Gasteiger partial charge in [0.2, 0.25) is 0 Å². The number of benzene rings is 1. The van der Waals surface area contributed by atoms with Crippen LogP contribution in [0.5, 0.6) is 0 Å². The van der Waals surface area contributed by atoms with Crippen molar-refractivity contribution in [2.75, 3.05) is 31.8 Å². The SMILES string of the molecule is CCNC(CSCCCOC)c1ccc(C)cc1. The van der Waals surface area contributed by atoms with E-state index in [1.807, 2.05) is 11.8 Å². The van der Waals surface area contributed by atoms with E-state index in [4.69, 9.17) is 4.74 Å². The Bertz CT molecular complexity index is 313. The van der Waals surface area contributed by atoms with Crippen LogP contribution in [0, 0.1) is 6.92 Å². The summed E-state index contributed by atoms with van der Waals surface area (Å²) < 4.78 is 5.07. The van der Waals surface area contributed by atoms with Crippen molar-refractivity contribution in [1.82, 2.24) is 5.32 Å². The fraction of sp³-hybridized carbons (Fsp3) is 0.600. The summed E-state index contributed by atoms with van der Waals surface area (Å²) in [4.78, 5) is 0. The second-order valence-electron chi connectivity index (χ2n) is 4.44.